The Morgan fingerprint density at radius 2 is 2.05 bits per heavy atom. The van der Waals surface area contributed by atoms with Gasteiger partial charge in [0.25, 0.3) is 0 Å². The minimum absolute atomic E-state index is 0.215. The third-order valence-electron chi connectivity index (χ3n) is 3.41. The maximum absolute atomic E-state index is 5.32. The molecule has 5 heteroatoms. The summed E-state index contributed by atoms with van der Waals surface area (Å²) in [4.78, 5) is 6.90. The van der Waals surface area contributed by atoms with E-state index in [1.165, 1.54) is 5.56 Å². The first-order valence-corrected chi connectivity index (χ1v) is 7.94. The molecule has 0 saturated heterocycles. The molecule has 0 amide bonds. The van der Waals surface area contributed by atoms with Gasteiger partial charge in [0, 0.05) is 13.1 Å². The van der Waals surface area contributed by atoms with E-state index in [1.54, 1.807) is 7.11 Å². The van der Waals surface area contributed by atoms with E-state index in [0.717, 1.165) is 31.2 Å². The molecule has 0 aliphatic carbocycles. The summed E-state index contributed by atoms with van der Waals surface area (Å²) in [5.74, 6) is 1.75. The molecule has 1 aromatic carbocycles. The molecule has 5 nitrogen and oxygen atoms in total. The Morgan fingerprint density at radius 3 is 2.64 bits per heavy atom. The fraction of sp³-hybridized carbons (Fsp3) is 0.588. The van der Waals surface area contributed by atoms with Gasteiger partial charge in [0.05, 0.1) is 19.7 Å². The quantitative estimate of drug-likeness (QED) is 0.571. The molecule has 22 heavy (non-hydrogen) atoms. The summed E-state index contributed by atoms with van der Waals surface area (Å²) in [6, 6.07) is 8.40. The second-order valence-electron chi connectivity index (χ2n) is 5.40. The monoisotopic (exact) mass is 306 g/mol. The largest absolute Gasteiger partial charge is 0.497 e. The molecule has 0 aliphatic rings. The molecule has 0 saturated carbocycles. The highest BCUT2D eigenvalue weighted by Gasteiger charge is 2.14. The molecule has 0 aromatic heterocycles. The van der Waals surface area contributed by atoms with Crippen molar-refractivity contribution in [3.63, 3.8) is 0 Å². The number of nitrogens with zero attached hydrogens (tertiary/aromatic N) is 2. The summed E-state index contributed by atoms with van der Waals surface area (Å²) in [5.41, 5.74) is 1.21. The van der Waals surface area contributed by atoms with Crippen LogP contribution in [0.25, 0.3) is 0 Å². The number of likely N-dealkylation sites (N-methyl/N-ethyl adjacent to an activating group) is 1. The van der Waals surface area contributed by atoms with Gasteiger partial charge in [-0.2, -0.15) is 0 Å². The van der Waals surface area contributed by atoms with Crippen molar-refractivity contribution in [3.05, 3.63) is 29.8 Å². The highest BCUT2D eigenvalue weighted by atomic mass is 16.5. The third kappa shape index (κ3) is 5.93. The van der Waals surface area contributed by atoms with Gasteiger partial charge in [0.15, 0.2) is 5.96 Å². The van der Waals surface area contributed by atoms with Crippen LogP contribution in [0.1, 0.15) is 31.9 Å². The van der Waals surface area contributed by atoms with Gasteiger partial charge in [-0.05, 0) is 45.1 Å². The van der Waals surface area contributed by atoms with Gasteiger partial charge in [-0.1, -0.05) is 19.1 Å². The normalized spacial score (nSPS) is 13.1. The van der Waals surface area contributed by atoms with Gasteiger partial charge in [-0.3, -0.25) is 4.99 Å². The maximum Gasteiger partial charge on any atom is 0.191 e. The minimum Gasteiger partial charge on any atom is -0.497 e. The summed E-state index contributed by atoms with van der Waals surface area (Å²) in [6.45, 7) is 6.71. The Kier molecular flexibility index (Phi) is 8.36. The molecule has 124 valence electrons. The molecule has 0 spiro atoms. The number of ether oxygens (including phenoxy) is 1. The van der Waals surface area contributed by atoms with Crippen molar-refractivity contribution in [2.24, 2.45) is 4.99 Å². The van der Waals surface area contributed by atoms with Gasteiger partial charge in [-0.25, -0.2) is 0 Å². The minimum atomic E-state index is 0.215. The zero-order chi connectivity index (χ0) is 16.4. The summed E-state index contributed by atoms with van der Waals surface area (Å²) in [7, 11) is 5.85. The summed E-state index contributed by atoms with van der Waals surface area (Å²) >= 11 is 0. The first-order chi connectivity index (χ1) is 10.6. The average Bonchev–Trinajstić information content (AvgIpc) is 2.52. The predicted octanol–water partition coefficient (Wildman–Crippen LogP) is 2.26. The number of methoxy groups -OCH3 is 1. The molecule has 0 heterocycles. The number of rotatable bonds is 8. The van der Waals surface area contributed by atoms with Crippen molar-refractivity contribution < 1.29 is 4.74 Å². The third-order valence-corrected chi connectivity index (χ3v) is 3.41. The Bertz CT molecular complexity index is 460. The lowest BCUT2D eigenvalue weighted by Crippen LogP contribution is -2.38. The first-order valence-electron chi connectivity index (χ1n) is 7.94. The van der Waals surface area contributed by atoms with Crippen LogP contribution in [-0.2, 0) is 0 Å². The van der Waals surface area contributed by atoms with Crippen molar-refractivity contribution in [2.45, 2.75) is 26.3 Å². The van der Waals surface area contributed by atoms with Crippen LogP contribution in [0.5, 0.6) is 5.75 Å². The summed E-state index contributed by atoms with van der Waals surface area (Å²) in [6.07, 6.45) is 1.08. The van der Waals surface area contributed by atoms with Gasteiger partial charge in [-0.15, -0.1) is 0 Å². The second kappa shape index (κ2) is 10.1. The van der Waals surface area contributed by atoms with Crippen molar-refractivity contribution in [2.75, 3.05) is 40.8 Å². The number of benzene rings is 1. The smallest absolute Gasteiger partial charge is 0.191 e. The van der Waals surface area contributed by atoms with E-state index in [-0.39, 0.29) is 6.04 Å². The van der Waals surface area contributed by atoms with Crippen molar-refractivity contribution in [1.29, 1.82) is 0 Å². The van der Waals surface area contributed by atoms with Crippen LogP contribution < -0.4 is 15.4 Å². The van der Waals surface area contributed by atoms with Crippen LogP contribution in [0.2, 0.25) is 0 Å². The number of aliphatic imine (C=N–C) groups is 1. The Morgan fingerprint density at radius 1 is 1.27 bits per heavy atom. The highest BCUT2D eigenvalue weighted by molar-refractivity contribution is 5.79. The molecule has 0 bridgehead atoms. The van der Waals surface area contributed by atoms with Crippen molar-refractivity contribution >= 4 is 5.96 Å². The maximum atomic E-state index is 5.32. The van der Waals surface area contributed by atoms with Crippen LogP contribution >= 0.6 is 0 Å². The summed E-state index contributed by atoms with van der Waals surface area (Å²) in [5, 5.41) is 6.62. The van der Waals surface area contributed by atoms with Crippen LogP contribution in [0.15, 0.2) is 29.3 Å². The molecule has 1 rings (SSSR count). The van der Waals surface area contributed by atoms with Crippen molar-refractivity contribution in [1.82, 2.24) is 15.5 Å². The number of nitrogens with one attached hydrogen (secondary N) is 2. The lowest BCUT2D eigenvalue weighted by molar-refractivity contribution is 0.305. The van der Waals surface area contributed by atoms with Crippen LogP contribution in [-0.4, -0.2) is 51.7 Å². The first kappa shape index (κ1) is 18.3. The lowest BCUT2D eigenvalue weighted by atomic mass is 10.1. The molecule has 0 radical (unpaired) electrons. The SMILES string of the molecule is CCCNC(=NCC(c1cccc(OC)c1)N(C)C)NCC. The van der Waals surface area contributed by atoms with E-state index in [4.69, 9.17) is 9.73 Å². The standard InChI is InChI=1S/C17H30N4O/c1-6-11-19-17(18-7-2)20-13-16(21(3)4)14-9-8-10-15(12-14)22-5/h8-10,12,16H,6-7,11,13H2,1-5H3,(H2,18,19,20). The average molecular weight is 306 g/mol. The van der Waals surface area contributed by atoms with Gasteiger partial charge < -0.3 is 20.3 Å². The molecule has 0 aliphatic heterocycles. The van der Waals surface area contributed by atoms with E-state index in [9.17, 15) is 0 Å². The molecule has 2 N–H and O–H groups in total. The van der Waals surface area contributed by atoms with E-state index in [0.29, 0.717) is 6.54 Å². The zero-order valence-corrected chi connectivity index (χ0v) is 14.5. The van der Waals surface area contributed by atoms with Gasteiger partial charge in [0.2, 0.25) is 0 Å². The Labute approximate surface area is 134 Å². The number of hydrogen-bond donors (Lipinski definition) is 2. The molecular weight excluding hydrogens is 276 g/mol. The fourth-order valence-electron chi connectivity index (χ4n) is 2.18. The van der Waals surface area contributed by atoms with Gasteiger partial charge >= 0.3 is 0 Å². The summed E-state index contributed by atoms with van der Waals surface area (Å²) < 4.78 is 5.32. The molecule has 1 aromatic rings. The van der Waals surface area contributed by atoms with E-state index >= 15 is 0 Å². The zero-order valence-electron chi connectivity index (χ0n) is 14.5. The topological polar surface area (TPSA) is 48.9 Å². The Balaban J connectivity index is 2.85. The molecule has 1 unspecified atom stereocenters. The van der Waals surface area contributed by atoms with Crippen LogP contribution in [0.3, 0.4) is 0 Å². The second-order valence-corrected chi connectivity index (χ2v) is 5.40. The van der Waals surface area contributed by atoms with Gasteiger partial charge in [0.1, 0.15) is 5.75 Å². The van der Waals surface area contributed by atoms with E-state index < -0.39 is 0 Å². The van der Waals surface area contributed by atoms with E-state index in [2.05, 4.69) is 55.6 Å². The van der Waals surface area contributed by atoms with Crippen LogP contribution in [0.4, 0.5) is 0 Å². The molecule has 1 atom stereocenters. The highest BCUT2D eigenvalue weighted by Crippen LogP contribution is 2.22. The van der Waals surface area contributed by atoms with E-state index in [1.807, 2.05) is 12.1 Å². The molecular formula is C17H30N4O. The predicted molar refractivity (Wildman–Crippen MR) is 93.7 cm³/mol. The Hall–Kier alpha value is -1.75. The van der Waals surface area contributed by atoms with Crippen molar-refractivity contribution in [3.8, 4) is 5.75 Å². The number of hydrogen-bond acceptors (Lipinski definition) is 3. The fourth-order valence-corrected chi connectivity index (χ4v) is 2.18. The molecule has 0 fully saturated rings. The lowest BCUT2D eigenvalue weighted by Gasteiger charge is -2.24. The number of guanidine groups is 1. The van der Waals surface area contributed by atoms with Crippen LogP contribution in [0, 0.1) is 0 Å².